The highest BCUT2D eigenvalue weighted by Crippen LogP contribution is 2.45. The van der Waals surface area contributed by atoms with Crippen molar-refractivity contribution in [3.05, 3.63) is 189 Å². The van der Waals surface area contributed by atoms with Crippen molar-refractivity contribution < 1.29 is 31.9 Å². The molecule has 8 rings (SSSR count). The molecule has 1 saturated heterocycles. The molecule has 7 aromatic rings. The Morgan fingerprint density at radius 3 is 1.95 bits per heavy atom. The van der Waals surface area contributed by atoms with E-state index in [1.165, 1.54) is 31.4 Å². The monoisotopic (exact) mass is 932 g/mol. The molecule has 0 bridgehead atoms. The number of nitrogens with one attached hydrogen (secondary N) is 1. The van der Waals surface area contributed by atoms with E-state index in [0.29, 0.717) is 51.0 Å². The summed E-state index contributed by atoms with van der Waals surface area (Å²) in [6.45, 7) is 1.93. The molecule has 0 spiro atoms. The third-order valence-corrected chi connectivity index (χ3v) is 12.4. The normalized spacial score (nSPS) is 13.6. The van der Waals surface area contributed by atoms with Gasteiger partial charge in [0.25, 0.3) is 5.91 Å². The summed E-state index contributed by atoms with van der Waals surface area (Å²) in [4.78, 5) is 32.9. The zero-order valence-electron chi connectivity index (χ0n) is 35.2. The van der Waals surface area contributed by atoms with E-state index in [9.17, 15) is 27.2 Å². The maximum atomic E-state index is 14.9. The van der Waals surface area contributed by atoms with Crippen molar-refractivity contribution in [3.8, 4) is 0 Å². The lowest BCUT2D eigenvalue weighted by molar-refractivity contribution is -0.170. The van der Waals surface area contributed by atoms with Gasteiger partial charge in [0.1, 0.15) is 11.4 Å². The molecule has 2 amide bonds. The molecule has 0 atom stereocenters. The van der Waals surface area contributed by atoms with Crippen LogP contribution in [0.1, 0.15) is 38.2 Å². The van der Waals surface area contributed by atoms with Gasteiger partial charge in [-0.1, -0.05) is 119 Å². The van der Waals surface area contributed by atoms with E-state index in [2.05, 4.69) is 26.1 Å². The van der Waals surface area contributed by atoms with Gasteiger partial charge in [-0.05, 0) is 83.8 Å². The Hall–Kier alpha value is -6.35. The van der Waals surface area contributed by atoms with Gasteiger partial charge in [-0.2, -0.15) is 18.3 Å². The van der Waals surface area contributed by atoms with Crippen molar-refractivity contribution in [1.29, 1.82) is 0 Å². The lowest BCUT2D eigenvalue weighted by atomic mass is 9.77. The van der Waals surface area contributed by atoms with Gasteiger partial charge in [0.2, 0.25) is 0 Å². The number of rotatable bonds is 13. The quantitative estimate of drug-likeness (QED) is 0.0917. The van der Waals surface area contributed by atoms with Crippen LogP contribution >= 0.6 is 15.9 Å². The Kier molecular flexibility index (Phi) is 13.0. The maximum Gasteiger partial charge on any atom is 0.471 e. The van der Waals surface area contributed by atoms with Crippen molar-refractivity contribution in [1.82, 2.24) is 14.7 Å². The fourth-order valence-electron chi connectivity index (χ4n) is 8.47. The Morgan fingerprint density at radius 2 is 1.39 bits per heavy atom. The minimum Gasteiger partial charge on any atom is -0.383 e. The third-order valence-electron chi connectivity index (χ3n) is 11.6. The number of amides is 2. The minimum atomic E-state index is -5.25. The van der Waals surface area contributed by atoms with Crippen molar-refractivity contribution in [2.45, 2.75) is 18.1 Å². The van der Waals surface area contributed by atoms with E-state index in [0.717, 1.165) is 35.3 Å². The Labute approximate surface area is 377 Å². The smallest absolute Gasteiger partial charge is 0.383 e. The number of carbonyl (C=O) groups excluding carboxylic acids is 2. The summed E-state index contributed by atoms with van der Waals surface area (Å²) in [5.74, 6) is -3.19. The first-order chi connectivity index (χ1) is 30.9. The number of nitrogens with zero attached hydrogens (tertiary/aromatic N) is 5. The Balaban J connectivity index is 1.35. The summed E-state index contributed by atoms with van der Waals surface area (Å²) in [5, 5.41) is 8.76. The molecule has 64 heavy (non-hydrogen) atoms. The highest BCUT2D eigenvalue weighted by molar-refractivity contribution is 9.10. The van der Waals surface area contributed by atoms with Crippen LogP contribution in [0, 0.1) is 5.82 Å². The van der Waals surface area contributed by atoms with Crippen LogP contribution in [0.15, 0.2) is 150 Å². The Morgan fingerprint density at radius 1 is 0.781 bits per heavy atom. The van der Waals surface area contributed by atoms with Crippen molar-refractivity contribution in [2.24, 2.45) is 0 Å². The molecule has 328 valence electrons. The summed E-state index contributed by atoms with van der Waals surface area (Å²) in [6, 6.07) is 44.2. The van der Waals surface area contributed by atoms with Gasteiger partial charge in [0.15, 0.2) is 5.82 Å². The molecular weight excluding hydrogens is 888 g/mol. The van der Waals surface area contributed by atoms with E-state index < -0.39 is 30.1 Å². The molecule has 1 N–H and O–H groups in total. The molecule has 0 unspecified atom stereocenters. The van der Waals surface area contributed by atoms with Crippen molar-refractivity contribution in [3.63, 3.8) is 0 Å². The van der Waals surface area contributed by atoms with E-state index in [1.807, 2.05) is 126 Å². The topological polar surface area (TPSA) is 82.9 Å². The molecule has 6 aromatic carbocycles. The largest absolute Gasteiger partial charge is 0.471 e. The highest BCUT2D eigenvalue weighted by atomic mass is 79.9. The van der Waals surface area contributed by atoms with E-state index in [-0.39, 0.29) is 29.5 Å². The van der Waals surface area contributed by atoms with E-state index >= 15 is 0 Å². The molecule has 1 fully saturated rings. The fourth-order valence-corrected chi connectivity index (χ4v) is 8.95. The number of likely N-dealkylation sites (N-methyl/N-ethyl adjacent to an activating group) is 1. The number of halogens is 5. The summed E-state index contributed by atoms with van der Waals surface area (Å²) in [5.41, 5.74) is 3.67. The number of carbonyl (C=O) groups is 2. The summed E-state index contributed by atoms with van der Waals surface area (Å²) in [7, 11) is 3.32. The number of aromatic nitrogens is 2. The standard InChI is InChI=1S/C50H45BrF4N6O3/c1-58-23-25-59(26-24-58)40-21-22-41(44(32-40)60(27-28-64-2)48(63)50(53,54)55)47(62)56-46-42-31-35(29-34-13-12-20-39(52)30-34)43(51)33-45(42)61(57-46)49(36-14-6-3-7-15-36,37-16-8-4-9-17-37)38-18-10-5-11-19-38/h3-22,30-33H,23-29H2,1-2H3,(H,56,57,62). The van der Waals surface area contributed by atoms with E-state index in [1.54, 1.807) is 12.1 Å². The van der Waals surface area contributed by atoms with Crippen LogP contribution in [0.3, 0.4) is 0 Å². The molecule has 9 nitrogen and oxygen atoms in total. The zero-order chi connectivity index (χ0) is 45.0. The molecule has 1 aliphatic heterocycles. The van der Waals surface area contributed by atoms with Gasteiger partial charge in [0, 0.05) is 55.4 Å². The second kappa shape index (κ2) is 18.8. The number of benzene rings is 6. The van der Waals surface area contributed by atoms with Crippen molar-refractivity contribution in [2.75, 3.05) is 68.6 Å². The molecular formula is C50H45BrF4N6O3. The number of hydrogen-bond donors (Lipinski definition) is 1. The van der Waals surface area contributed by atoms with Crippen LogP contribution in [0.25, 0.3) is 10.9 Å². The average Bonchev–Trinajstić information content (AvgIpc) is 3.63. The number of fused-ring (bicyclic) bond motifs is 1. The predicted molar refractivity (Wildman–Crippen MR) is 246 cm³/mol. The molecule has 0 radical (unpaired) electrons. The van der Waals surface area contributed by atoms with Crippen LogP contribution in [-0.2, 0) is 21.5 Å². The summed E-state index contributed by atoms with van der Waals surface area (Å²) < 4.78 is 65.3. The average molecular weight is 934 g/mol. The van der Waals surface area contributed by atoms with Gasteiger partial charge in [-0.3, -0.25) is 9.59 Å². The zero-order valence-corrected chi connectivity index (χ0v) is 36.7. The number of ether oxygens (including phenoxy) is 1. The molecule has 1 aromatic heterocycles. The number of alkyl halides is 3. The van der Waals surface area contributed by atoms with E-state index in [4.69, 9.17) is 9.84 Å². The number of methoxy groups -OCH3 is 1. The van der Waals surface area contributed by atoms with Crippen LogP contribution in [0.5, 0.6) is 0 Å². The lowest BCUT2D eigenvalue weighted by Gasteiger charge is -2.37. The predicted octanol–water partition coefficient (Wildman–Crippen LogP) is 9.91. The lowest BCUT2D eigenvalue weighted by Crippen LogP contribution is -2.45. The fraction of sp³-hybridized carbons (Fsp3) is 0.220. The second-order valence-electron chi connectivity index (χ2n) is 15.7. The van der Waals surface area contributed by atoms with Gasteiger partial charge >= 0.3 is 12.1 Å². The minimum absolute atomic E-state index is 0.111. The van der Waals surface area contributed by atoms with Crippen molar-refractivity contribution >= 4 is 55.8 Å². The van der Waals surface area contributed by atoms with Crippen LogP contribution in [0.2, 0.25) is 0 Å². The summed E-state index contributed by atoms with van der Waals surface area (Å²) >= 11 is 3.81. The third kappa shape index (κ3) is 8.90. The molecule has 2 heterocycles. The Bertz CT molecular complexity index is 2670. The molecule has 1 aliphatic rings. The number of piperazine rings is 1. The molecule has 0 aliphatic carbocycles. The first-order valence-electron chi connectivity index (χ1n) is 20.8. The maximum absolute atomic E-state index is 14.9. The molecule has 14 heteroatoms. The van der Waals surface area contributed by atoms with Gasteiger partial charge in [-0.15, -0.1) is 0 Å². The first-order valence-corrected chi connectivity index (χ1v) is 21.6. The van der Waals surface area contributed by atoms with Gasteiger partial charge < -0.3 is 24.8 Å². The number of anilines is 3. The van der Waals surface area contributed by atoms with Gasteiger partial charge in [-0.25, -0.2) is 9.07 Å². The first kappa shape index (κ1) is 44.3. The second-order valence-corrected chi connectivity index (χ2v) is 16.6. The van der Waals surface area contributed by atoms with Crippen LogP contribution < -0.4 is 15.1 Å². The number of hydrogen-bond acceptors (Lipinski definition) is 6. The highest BCUT2D eigenvalue weighted by Gasteiger charge is 2.44. The molecule has 0 saturated carbocycles. The summed E-state index contributed by atoms with van der Waals surface area (Å²) in [6.07, 6.45) is -4.93. The van der Waals surface area contributed by atoms with Crippen LogP contribution in [-0.4, -0.2) is 86.2 Å². The van der Waals surface area contributed by atoms with Gasteiger partial charge in [0.05, 0.1) is 23.4 Å². The SMILES string of the molecule is COCCN(C(=O)C(F)(F)F)c1cc(N2CCN(C)CC2)ccc1C(=O)Nc1nn(C(c2ccccc2)(c2ccccc2)c2ccccc2)c2cc(Br)c(Cc3cccc(F)c3)cc12. The van der Waals surface area contributed by atoms with Crippen LogP contribution in [0.4, 0.5) is 34.8 Å².